The van der Waals surface area contributed by atoms with Gasteiger partial charge in [-0.15, -0.1) is 11.6 Å². The van der Waals surface area contributed by atoms with Crippen molar-refractivity contribution in [1.82, 2.24) is 9.55 Å². The van der Waals surface area contributed by atoms with Gasteiger partial charge in [-0.2, -0.15) is 0 Å². The van der Waals surface area contributed by atoms with Gasteiger partial charge in [-0.1, -0.05) is 12.1 Å². The number of para-hydroxylation sites is 1. The number of aryl methyl sites for hydroxylation is 1. The molecule has 0 unspecified atom stereocenters. The number of imidazole rings is 1. The first-order chi connectivity index (χ1) is 7.81. The highest BCUT2D eigenvalue weighted by Gasteiger charge is 2.24. The lowest BCUT2D eigenvalue weighted by Crippen LogP contribution is -2.19. The van der Waals surface area contributed by atoms with Crippen molar-refractivity contribution < 1.29 is 0 Å². The monoisotopic (exact) mass is 234 g/mol. The normalized spacial score (nSPS) is 16.6. The molecule has 1 aromatic carbocycles. The van der Waals surface area contributed by atoms with E-state index >= 15 is 0 Å². The maximum atomic E-state index is 6.00. The van der Waals surface area contributed by atoms with Crippen LogP contribution < -0.4 is 0 Å². The van der Waals surface area contributed by atoms with Gasteiger partial charge in [0.25, 0.3) is 0 Å². The predicted octanol–water partition coefficient (Wildman–Crippen LogP) is 3.81. The molecule has 1 aliphatic rings. The molecule has 0 amide bonds. The summed E-state index contributed by atoms with van der Waals surface area (Å²) in [7, 11) is 0. The number of fused-ring (bicyclic) bond motifs is 1. The number of hydrogen-bond donors (Lipinski definition) is 0. The third kappa shape index (κ3) is 1.36. The van der Waals surface area contributed by atoms with E-state index in [1.807, 2.05) is 0 Å². The van der Waals surface area contributed by atoms with Crippen LogP contribution in [0.5, 0.6) is 0 Å². The summed E-state index contributed by atoms with van der Waals surface area (Å²) >= 11 is 6.00. The van der Waals surface area contributed by atoms with Crippen LogP contribution >= 0.6 is 11.6 Å². The minimum absolute atomic E-state index is 0.505. The van der Waals surface area contributed by atoms with Gasteiger partial charge in [0.05, 0.1) is 16.9 Å². The number of benzene rings is 1. The second-order valence-electron chi connectivity index (χ2n) is 4.56. The highest BCUT2D eigenvalue weighted by Crippen LogP contribution is 2.36. The fourth-order valence-electron chi connectivity index (χ4n) is 2.50. The Hall–Kier alpha value is -1.02. The zero-order valence-corrected chi connectivity index (χ0v) is 10.2. The van der Waals surface area contributed by atoms with Gasteiger partial charge in [-0.05, 0) is 37.8 Å². The highest BCUT2D eigenvalue weighted by molar-refractivity contribution is 6.16. The highest BCUT2D eigenvalue weighted by atomic mass is 35.5. The Morgan fingerprint density at radius 1 is 1.44 bits per heavy atom. The molecule has 0 bridgehead atoms. The molecular formula is C13H15ClN2. The maximum Gasteiger partial charge on any atom is 0.125 e. The number of nitrogens with zero attached hydrogens (tertiary/aromatic N) is 2. The van der Waals surface area contributed by atoms with Crippen molar-refractivity contribution in [2.24, 2.45) is 0 Å². The molecule has 1 heterocycles. The molecule has 3 rings (SSSR count). The lowest BCUT2D eigenvalue weighted by molar-refractivity contribution is 0.315. The Morgan fingerprint density at radius 3 is 2.88 bits per heavy atom. The molecule has 3 heteroatoms. The van der Waals surface area contributed by atoms with E-state index < -0.39 is 0 Å². The van der Waals surface area contributed by atoms with Crippen molar-refractivity contribution in [3.63, 3.8) is 0 Å². The molecule has 2 aromatic rings. The molecule has 0 aliphatic heterocycles. The zero-order valence-electron chi connectivity index (χ0n) is 9.41. The van der Waals surface area contributed by atoms with E-state index in [-0.39, 0.29) is 0 Å². The number of rotatable bonds is 2. The van der Waals surface area contributed by atoms with E-state index in [1.165, 1.54) is 30.3 Å². The van der Waals surface area contributed by atoms with Crippen LogP contribution in [-0.2, 0) is 5.88 Å². The summed E-state index contributed by atoms with van der Waals surface area (Å²) in [5.74, 6) is 1.53. The first-order valence-corrected chi connectivity index (χ1v) is 6.37. The summed E-state index contributed by atoms with van der Waals surface area (Å²) in [4.78, 5) is 4.63. The predicted molar refractivity (Wildman–Crippen MR) is 66.9 cm³/mol. The molecule has 2 nitrogen and oxygen atoms in total. The second-order valence-corrected chi connectivity index (χ2v) is 4.83. The molecule has 1 aromatic heterocycles. The Balaban J connectivity index is 2.28. The Kier molecular flexibility index (Phi) is 2.40. The minimum Gasteiger partial charge on any atom is -0.324 e. The lowest BCUT2D eigenvalue weighted by atomic mass is 9.92. The first-order valence-electron chi connectivity index (χ1n) is 5.83. The summed E-state index contributed by atoms with van der Waals surface area (Å²) in [6.07, 6.45) is 3.87. The van der Waals surface area contributed by atoms with Crippen LogP contribution in [0.25, 0.3) is 11.0 Å². The number of alkyl halides is 1. The van der Waals surface area contributed by atoms with Crippen LogP contribution in [-0.4, -0.2) is 9.55 Å². The van der Waals surface area contributed by atoms with E-state index in [0.717, 1.165) is 11.3 Å². The topological polar surface area (TPSA) is 17.8 Å². The van der Waals surface area contributed by atoms with Gasteiger partial charge in [-0.25, -0.2) is 4.98 Å². The van der Waals surface area contributed by atoms with Gasteiger partial charge in [-0.3, -0.25) is 0 Å². The molecule has 1 aliphatic carbocycles. The summed E-state index contributed by atoms with van der Waals surface area (Å²) < 4.78 is 2.36. The molecular weight excluding hydrogens is 220 g/mol. The fraction of sp³-hybridized carbons (Fsp3) is 0.462. The van der Waals surface area contributed by atoms with Gasteiger partial charge < -0.3 is 4.57 Å². The summed E-state index contributed by atoms with van der Waals surface area (Å²) in [5, 5.41) is 0. The van der Waals surface area contributed by atoms with Crippen LogP contribution in [0.3, 0.4) is 0 Å². The second kappa shape index (κ2) is 3.77. The molecule has 1 saturated carbocycles. The minimum atomic E-state index is 0.505. The van der Waals surface area contributed by atoms with Crippen LogP contribution in [0.4, 0.5) is 0 Å². The number of halogens is 1. The average Bonchev–Trinajstić information content (AvgIpc) is 2.56. The molecule has 0 saturated heterocycles. The lowest BCUT2D eigenvalue weighted by Gasteiger charge is -2.29. The fourth-order valence-corrected chi connectivity index (χ4v) is 2.69. The average molecular weight is 235 g/mol. The third-order valence-corrected chi connectivity index (χ3v) is 3.78. The van der Waals surface area contributed by atoms with E-state index in [9.17, 15) is 0 Å². The summed E-state index contributed by atoms with van der Waals surface area (Å²) in [5.41, 5.74) is 3.67. The largest absolute Gasteiger partial charge is 0.324 e. The van der Waals surface area contributed by atoms with E-state index in [2.05, 4.69) is 34.7 Å². The standard InChI is InChI=1S/C13H15ClN2/c1-9-4-2-7-11-13(9)16(10-5-3-6-10)12(8-14)15-11/h2,4,7,10H,3,5-6,8H2,1H3. The first kappa shape index (κ1) is 10.2. The van der Waals surface area contributed by atoms with E-state index in [1.54, 1.807) is 0 Å². The Bertz CT molecular complexity index is 526. The quantitative estimate of drug-likeness (QED) is 0.723. The molecule has 84 valence electrons. The maximum absolute atomic E-state index is 6.00. The molecule has 0 atom stereocenters. The van der Waals surface area contributed by atoms with Gasteiger partial charge in [0, 0.05) is 6.04 Å². The summed E-state index contributed by atoms with van der Waals surface area (Å²) in [6, 6.07) is 6.92. The molecule has 16 heavy (non-hydrogen) atoms. The van der Waals surface area contributed by atoms with E-state index in [4.69, 9.17) is 11.6 Å². The smallest absolute Gasteiger partial charge is 0.125 e. The van der Waals surface area contributed by atoms with Crippen LogP contribution in [0, 0.1) is 6.92 Å². The SMILES string of the molecule is Cc1cccc2nc(CCl)n(C3CCC3)c12. The van der Waals surface area contributed by atoms with Crippen molar-refractivity contribution in [3.8, 4) is 0 Å². The third-order valence-electron chi connectivity index (χ3n) is 3.54. The Labute approximate surface area is 100 Å². The van der Waals surface area contributed by atoms with Gasteiger partial charge in [0.15, 0.2) is 0 Å². The molecule has 1 fully saturated rings. The van der Waals surface area contributed by atoms with Crippen LogP contribution in [0.2, 0.25) is 0 Å². The van der Waals surface area contributed by atoms with Crippen molar-refractivity contribution in [2.45, 2.75) is 38.1 Å². The number of hydrogen-bond acceptors (Lipinski definition) is 1. The molecule has 0 N–H and O–H groups in total. The van der Waals surface area contributed by atoms with E-state index in [0.29, 0.717) is 11.9 Å². The van der Waals surface area contributed by atoms with Crippen molar-refractivity contribution in [1.29, 1.82) is 0 Å². The molecule has 0 radical (unpaired) electrons. The van der Waals surface area contributed by atoms with Gasteiger partial charge in [0.1, 0.15) is 5.82 Å². The van der Waals surface area contributed by atoms with Crippen molar-refractivity contribution >= 4 is 22.6 Å². The number of aromatic nitrogens is 2. The molecule has 0 spiro atoms. The van der Waals surface area contributed by atoms with Gasteiger partial charge in [0.2, 0.25) is 0 Å². The van der Waals surface area contributed by atoms with Crippen molar-refractivity contribution in [2.75, 3.05) is 0 Å². The summed E-state index contributed by atoms with van der Waals surface area (Å²) in [6.45, 7) is 2.15. The van der Waals surface area contributed by atoms with Crippen LogP contribution in [0.15, 0.2) is 18.2 Å². The van der Waals surface area contributed by atoms with Crippen molar-refractivity contribution in [3.05, 3.63) is 29.6 Å². The van der Waals surface area contributed by atoms with Crippen LogP contribution in [0.1, 0.15) is 36.7 Å². The zero-order chi connectivity index (χ0) is 11.1. The Morgan fingerprint density at radius 2 is 2.25 bits per heavy atom. The van der Waals surface area contributed by atoms with Gasteiger partial charge >= 0.3 is 0 Å².